The van der Waals surface area contributed by atoms with Gasteiger partial charge in [-0.05, 0) is 21.8 Å². The third-order valence-electron chi connectivity index (χ3n) is 1.84. The second-order valence-electron chi connectivity index (χ2n) is 3.21. The number of methoxy groups -OCH3 is 1. The number of carbonyl (C=O) groups excluding carboxylic acids is 1. The molecule has 0 aliphatic heterocycles. The molecule has 0 aliphatic rings. The van der Waals surface area contributed by atoms with Crippen LogP contribution in [0.15, 0.2) is 11.1 Å². The average Bonchev–Trinajstić information content (AvgIpc) is 2.51. The minimum atomic E-state index is -0.418. The molecule has 0 aliphatic carbocycles. The molecule has 1 rings (SSSR count). The van der Waals surface area contributed by atoms with Gasteiger partial charge in [0.1, 0.15) is 6.33 Å². The molecule has 0 fully saturated rings. The van der Waals surface area contributed by atoms with Crippen molar-refractivity contribution in [3.63, 3.8) is 0 Å². The summed E-state index contributed by atoms with van der Waals surface area (Å²) >= 11 is 3.13. The van der Waals surface area contributed by atoms with Gasteiger partial charge in [0.15, 0.2) is 6.04 Å². The van der Waals surface area contributed by atoms with Crippen LogP contribution in [0.3, 0.4) is 0 Å². The minimum absolute atomic E-state index is 0.107. The summed E-state index contributed by atoms with van der Waals surface area (Å²) in [5, 5.41) is 4.02. The molecule has 0 aromatic carbocycles. The molecule has 1 unspecified atom stereocenters. The lowest BCUT2D eigenvalue weighted by Crippen LogP contribution is -2.26. The SMILES string of the molecule is COC(=O)C(C(C)C)n1cnc(Br)n1. The Kier molecular flexibility index (Phi) is 3.62. The highest BCUT2D eigenvalue weighted by Gasteiger charge is 2.25. The Labute approximate surface area is 90.6 Å². The predicted molar refractivity (Wildman–Crippen MR) is 53.6 cm³/mol. The van der Waals surface area contributed by atoms with E-state index in [-0.39, 0.29) is 11.9 Å². The van der Waals surface area contributed by atoms with Crippen LogP contribution in [0.1, 0.15) is 19.9 Å². The predicted octanol–water partition coefficient (Wildman–Crippen LogP) is 1.41. The van der Waals surface area contributed by atoms with Gasteiger partial charge in [-0.25, -0.2) is 14.5 Å². The van der Waals surface area contributed by atoms with E-state index in [1.165, 1.54) is 18.1 Å². The van der Waals surface area contributed by atoms with Gasteiger partial charge in [-0.2, -0.15) is 0 Å². The van der Waals surface area contributed by atoms with Gasteiger partial charge >= 0.3 is 5.97 Å². The molecule has 1 aromatic rings. The van der Waals surface area contributed by atoms with Gasteiger partial charge in [-0.3, -0.25) is 0 Å². The zero-order chi connectivity index (χ0) is 10.7. The quantitative estimate of drug-likeness (QED) is 0.773. The number of rotatable bonds is 3. The second kappa shape index (κ2) is 4.54. The van der Waals surface area contributed by atoms with E-state index < -0.39 is 6.04 Å². The van der Waals surface area contributed by atoms with E-state index in [2.05, 4.69) is 26.0 Å². The fourth-order valence-electron chi connectivity index (χ4n) is 1.19. The topological polar surface area (TPSA) is 57.0 Å². The second-order valence-corrected chi connectivity index (χ2v) is 3.91. The highest BCUT2D eigenvalue weighted by molar-refractivity contribution is 9.10. The van der Waals surface area contributed by atoms with Crippen LogP contribution in [0.25, 0.3) is 0 Å². The largest absolute Gasteiger partial charge is 0.467 e. The highest BCUT2D eigenvalue weighted by atomic mass is 79.9. The molecule has 1 aromatic heterocycles. The first kappa shape index (κ1) is 11.2. The van der Waals surface area contributed by atoms with E-state index in [0.29, 0.717) is 4.73 Å². The summed E-state index contributed by atoms with van der Waals surface area (Å²) in [5.41, 5.74) is 0. The fraction of sp³-hybridized carbons (Fsp3) is 0.625. The van der Waals surface area contributed by atoms with E-state index >= 15 is 0 Å². The third kappa shape index (κ3) is 2.31. The van der Waals surface area contributed by atoms with Crippen molar-refractivity contribution in [2.24, 2.45) is 5.92 Å². The first-order valence-corrected chi connectivity index (χ1v) is 5.00. The van der Waals surface area contributed by atoms with Crippen molar-refractivity contribution in [2.75, 3.05) is 7.11 Å². The minimum Gasteiger partial charge on any atom is -0.467 e. The summed E-state index contributed by atoms with van der Waals surface area (Å²) in [6.45, 7) is 3.86. The number of hydrogen-bond acceptors (Lipinski definition) is 4. The molecule has 0 N–H and O–H groups in total. The molecule has 1 atom stereocenters. The maximum atomic E-state index is 11.4. The van der Waals surface area contributed by atoms with Crippen molar-refractivity contribution in [1.29, 1.82) is 0 Å². The molecule has 1 heterocycles. The third-order valence-corrected chi connectivity index (χ3v) is 2.20. The van der Waals surface area contributed by atoms with Crippen LogP contribution >= 0.6 is 15.9 Å². The van der Waals surface area contributed by atoms with Gasteiger partial charge in [0, 0.05) is 0 Å². The van der Waals surface area contributed by atoms with Gasteiger partial charge in [0.2, 0.25) is 4.73 Å². The first-order chi connectivity index (χ1) is 6.56. The Hall–Kier alpha value is -0.910. The van der Waals surface area contributed by atoms with Crippen LogP contribution in [-0.2, 0) is 9.53 Å². The summed E-state index contributed by atoms with van der Waals surface area (Å²) in [4.78, 5) is 15.3. The molecule has 0 spiro atoms. The molecule has 0 saturated heterocycles. The molecule has 6 heteroatoms. The van der Waals surface area contributed by atoms with Crippen LogP contribution < -0.4 is 0 Å². The van der Waals surface area contributed by atoms with Crippen LogP contribution in [-0.4, -0.2) is 27.8 Å². The summed E-state index contributed by atoms with van der Waals surface area (Å²) in [7, 11) is 1.36. The molecular formula is C8H12BrN3O2. The Bertz CT molecular complexity index is 324. The van der Waals surface area contributed by atoms with Gasteiger partial charge in [0.05, 0.1) is 7.11 Å². The van der Waals surface area contributed by atoms with Crippen LogP contribution in [0.2, 0.25) is 0 Å². The number of ether oxygens (including phenoxy) is 1. The van der Waals surface area contributed by atoms with Gasteiger partial charge < -0.3 is 4.74 Å². The molecule has 0 saturated carbocycles. The van der Waals surface area contributed by atoms with Crippen LogP contribution in [0.5, 0.6) is 0 Å². The van der Waals surface area contributed by atoms with Crippen LogP contribution in [0.4, 0.5) is 0 Å². The van der Waals surface area contributed by atoms with Crippen molar-refractivity contribution in [1.82, 2.24) is 14.8 Å². The summed E-state index contributed by atoms with van der Waals surface area (Å²) in [6.07, 6.45) is 1.51. The van der Waals surface area contributed by atoms with Crippen molar-refractivity contribution in [3.05, 3.63) is 11.1 Å². The molecule has 0 radical (unpaired) electrons. The maximum absolute atomic E-state index is 11.4. The number of hydrogen-bond donors (Lipinski definition) is 0. The van der Waals surface area contributed by atoms with Gasteiger partial charge in [-0.1, -0.05) is 13.8 Å². The zero-order valence-corrected chi connectivity index (χ0v) is 9.85. The lowest BCUT2D eigenvalue weighted by atomic mass is 10.1. The molecule has 5 nitrogen and oxygen atoms in total. The summed E-state index contributed by atoms with van der Waals surface area (Å²) in [5.74, 6) is -0.201. The smallest absolute Gasteiger partial charge is 0.330 e. The van der Waals surface area contributed by atoms with E-state index in [9.17, 15) is 4.79 Å². The maximum Gasteiger partial charge on any atom is 0.330 e. The van der Waals surface area contributed by atoms with Crippen molar-refractivity contribution >= 4 is 21.9 Å². The molecule has 0 amide bonds. The molecular weight excluding hydrogens is 250 g/mol. The van der Waals surface area contributed by atoms with E-state index in [1.807, 2.05) is 13.8 Å². The molecule has 14 heavy (non-hydrogen) atoms. The summed E-state index contributed by atoms with van der Waals surface area (Å²) < 4.78 is 6.66. The standard InChI is InChI=1S/C8H12BrN3O2/c1-5(2)6(7(13)14-3)12-4-10-8(9)11-12/h4-6H,1-3H3. The number of halogens is 1. The highest BCUT2D eigenvalue weighted by Crippen LogP contribution is 2.18. The van der Waals surface area contributed by atoms with Crippen molar-refractivity contribution in [3.8, 4) is 0 Å². The van der Waals surface area contributed by atoms with E-state index in [1.54, 1.807) is 0 Å². The Morgan fingerprint density at radius 1 is 1.64 bits per heavy atom. The normalized spacial score (nSPS) is 12.9. The lowest BCUT2D eigenvalue weighted by Gasteiger charge is -2.17. The number of aromatic nitrogens is 3. The van der Waals surface area contributed by atoms with Crippen molar-refractivity contribution in [2.45, 2.75) is 19.9 Å². The van der Waals surface area contributed by atoms with Gasteiger partial charge in [-0.15, -0.1) is 5.10 Å². The zero-order valence-electron chi connectivity index (χ0n) is 8.27. The Morgan fingerprint density at radius 3 is 2.64 bits per heavy atom. The molecule has 78 valence electrons. The Balaban J connectivity index is 2.94. The monoisotopic (exact) mass is 261 g/mol. The average molecular weight is 262 g/mol. The number of carbonyl (C=O) groups is 1. The Morgan fingerprint density at radius 2 is 2.29 bits per heavy atom. The number of nitrogens with zero attached hydrogens (tertiary/aromatic N) is 3. The van der Waals surface area contributed by atoms with E-state index in [4.69, 9.17) is 4.74 Å². The fourth-order valence-corrected chi connectivity index (χ4v) is 1.47. The number of esters is 1. The molecule has 0 bridgehead atoms. The van der Waals surface area contributed by atoms with E-state index in [0.717, 1.165) is 0 Å². The summed E-state index contributed by atoms with van der Waals surface area (Å²) in [6, 6.07) is -0.418. The van der Waals surface area contributed by atoms with Gasteiger partial charge in [0.25, 0.3) is 0 Å². The van der Waals surface area contributed by atoms with Crippen molar-refractivity contribution < 1.29 is 9.53 Å². The van der Waals surface area contributed by atoms with Crippen LogP contribution in [0, 0.1) is 5.92 Å². The first-order valence-electron chi connectivity index (χ1n) is 4.20. The lowest BCUT2D eigenvalue weighted by molar-refractivity contribution is -0.146.